The van der Waals surface area contributed by atoms with Crippen molar-refractivity contribution in [1.82, 2.24) is 10.2 Å². The maximum Gasteiger partial charge on any atom is 0.225 e. The van der Waals surface area contributed by atoms with E-state index in [0.717, 1.165) is 41.0 Å². The predicted molar refractivity (Wildman–Crippen MR) is 116 cm³/mol. The van der Waals surface area contributed by atoms with Crippen molar-refractivity contribution in [3.63, 3.8) is 0 Å². The summed E-state index contributed by atoms with van der Waals surface area (Å²) in [5.41, 5.74) is 3.02. The van der Waals surface area contributed by atoms with Crippen molar-refractivity contribution < 1.29 is 19.1 Å². The molecule has 1 aliphatic rings. The molecule has 6 nitrogen and oxygen atoms in total. The summed E-state index contributed by atoms with van der Waals surface area (Å²) in [4.78, 5) is 27.0. The molecule has 0 aliphatic carbocycles. The molecule has 160 valence electrons. The maximum absolute atomic E-state index is 13.3. The molecule has 2 aromatic rings. The van der Waals surface area contributed by atoms with Crippen LogP contribution in [0.1, 0.15) is 55.0 Å². The Hall–Kier alpha value is -3.02. The van der Waals surface area contributed by atoms with E-state index in [4.69, 9.17) is 9.47 Å². The molecule has 1 fully saturated rings. The van der Waals surface area contributed by atoms with Crippen LogP contribution in [0.4, 0.5) is 0 Å². The van der Waals surface area contributed by atoms with E-state index in [-0.39, 0.29) is 30.3 Å². The van der Waals surface area contributed by atoms with Gasteiger partial charge in [0, 0.05) is 19.0 Å². The monoisotopic (exact) mass is 410 g/mol. The van der Waals surface area contributed by atoms with E-state index in [1.807, 2.05) is 54.3 Å². The van der Waals surface area contributed by atoms with E-state index < -0.39 is 0 Å². The van der Waals surface area contributed by atoms with Gasteiger partial charge in [0.05, 0.1) is 32.7 Å². The Morgan fingerprint density at radius 2 is 1.87 bits per heavy atom. The molecule has 0 bridgehead atoms. The second-order valence-corrected chi connectivity index (χ2v) is 7.72. The van der Waals surface area contributed by atoms with Gasteiger partial charge in [0.25, 0.3) is 0 Å². The number of hydrogen-bond acceptors (Lipinski definition) is 4. The van der Waals surface area contributed by atoms with E-state index >= 15 is 0 Å². The van der Waals surface area contributed by atoms with E-state index in [9.17, 15) is 9.59 Å². The number of amides is 2. The average Bonchev–Trinajstić information content (AvgIpc) is 3.23. The summed E-state index contributed by atoms with van der Waals surface area (Å²) in [6, 6.07) is 13.2. The molecule has 1 saturated heterocycles. The number of carbonyl (C=O) groups is 2. The van der Waals surface area contributed by atoms with Gasteiger partial charge in [0.1, 0.15) is 11.5 Å². The van der Waals surface area contributed by atoms with Gasteiger partial charge in [-0.05, 0) is 43.5 Å². The molecule has 1 heterocycles. The van der Waals surface area contributed by atoms with Gasteiger partial charge < -0.3 is 19.7 Å². The quantitative estimate of drug-likeness (QED) is 0.751. The minimum absolute atomic E-state index is 0.0155. The molecule has 2 unspecified atom stereocenters. The van der Waals surface area contributed by atoms with Crippen molar-refractivity contribution in [3.05, 3.63) is 59.2 Å². The van der Waals surface area contributed by atoms with Gasteiger partial charge in [-0.1, -0.05) is 29.8 Å². The number of ether oxygens (including phenoxy) is 2. The number of nitrogens with one attached hydrogen (secondary N) is 1. The van der Waals surface area contributed by atoms with Crippen molar-refractivity contribution in [3.8, 4) is 11.5 Å². The zero-order valence-electron chi connectivity index (χ0n) is 18.1. The predicted octanol–water partition coefficient (Wildman–Crippen LogP) is 3.94. The normalized spacial score (nSPS) is 16.8. The zero-order chi connectivity index (χ0) is 21.7. The van der Waals surface area contributed by atoms with Gasteiger partial charge in [-0.2, -0.15) is 0 Å². The molecule has 1 N–H and O–H groups in total. The van der Waals surface area contributed by atoms with Crippen molar-refractivity contribution >= 4 is 11.8 Å². The smallest absolute Gasteiger partial charge is 0.225 e. The first-order chi connectivity index (χ1) is 14.4. The van der Waals surface area contributed by atoms with Crippen LogP contribution in [0, 0.1) is 6.92 Å². The van der Waals surface area contributed by atoms with Crippen LogP contribution in [0.15, 0.2) is 42.5 Å². The number of aryl methyl sites for hydroxylation is 1. The summed E-state index contributed by atoms with van der Waals surface area (Å²) in [7, 11) is 3.26. The minimum atomic E-state index is -0.357. The Labute approximate surface area is 178 Å². The number of likely N-dealkylation sites (tertiary alicyclic amines) is 1. The van der Waals surface area contributed by atoms with E-state index in [0.29, 0.717) is 6.54 Å². The molecule has 0 spiro atoms. The van der Waals surface area contributed by atoms with Crippen LogP contribution >= 0.6 is 0 Å². The maximum atomic E-state index is 13.3. The molecule has 0 saturated carbocycles. The molecule has 2 aromatic carbocycles. The average molecular weight is 411 g/mol. The topological polar surface area (TPSA) is 67.9 Å². The number of rotatable bonds is 7. The van der Waals surface area contributed by atoms with Gasteiger partial charge in [-0.15, -0.1) is 0 Å². The SMILES string of the molecule is COc1ccc(OC)c(C2CCCN2C(=O)CC(NC(C)=O)c2ccc(C)cc2)c1. The second-order valence-electron chi connectivity index (χ2n) is 7.72. The Balaban J connectivity index is 1.83. The van der Waals surface area contributed by atoms with Gasteiger partial charge in [-0.3, -0.25) is 9.59 Å². The molecule has 0 aromatic heterocycles. The van der Waals surface area contributed by atoms with Gasteiger partial charge >= 0.3 is 0 Å². The molecule has 0 radical (unpaired) electrons. The Bertz CT molecular complexity index is 895. The highest BCUT2D eigenvalue weighted by molar-refractivity contribution is 5.80. The number of hydrogen-bond donors (Lipinski definition) is 1. The first-order valence-electron chi connectivity index (χ1n) is 10.3. The van der Waals surface area contributed by atoms with Crippen molar-refractivity contribution in [2.24, 2.45) is 0 Å². The third-order valence-electron chi connectivity index (χ3n) is 5.60. The van der Waals surface area contributed by atoms with Crippen LogP contribution in [0.25, 0.3) is 0 Å². The Kier molecular flexibility index (Phi) is 6.98. The summed E-state index contributed by atoms with van der Waals surface area (Å²) in [5, 5.41) is 2.93. The first-order valence-corrected chi connectivity index (χ1v) is 10.3. The summed E-state index contributed by atoms with van der Waals surface area (Å²) in [6.07, 6.45) is 2.00. The van der Waals surface area contributed by atoms with Crippen LogP contribution in [-0.2, 0) is 9.59 Å². The van der Waals surface area contributed by atoms with E-state index in [1.54, 1.807) is 14.2 Å². The molecule has 2 atom stereocenters. The van der Waals surface area contributed by atoms with E-state index in [2.05, 4.69) is 5.32 Å². The third-order valence-corrected chi connectivity index (χ3v) is 5.60. The van der Waals surface area contributed by atoms with Crippen LogP contribution < -0.4 is 14.8 Å². The lowest BCUT2D eigenvalue weighted by Crippen LogP contribution is -2.35. The molecule has 2 amide bonds. The lowest BCUT2D eigenvalue weighted by atomic mass is 9.99. The minimum Gasteiger partial charge on any atom is -0.497 e. The van der Waals surface area contributed by atoms with Gasteiger partial charge in [0.15, 0.2) is 0 Å². The number of carbonyl (C=O) groups excluding carboxylic acids is 2. The summed E-state index contributed by atoms with van der Waals surface area (Å²) in [6.45, 7) is 4.18. The zero-order valence-corrected chi connectivity index (χ0v) is 18.1. The van der Waals surface area contributed by atoms with Crippen LogP contribution in [0.5, 0.6) is 11.5 Å². The lowest BCUT2D eigenvalue weighted by Gasteiger charge is -2.28. The molecule has 3 rings (SSSR count). The Morgan fingerprint density at radius 3 is 2.50 bits per heavy atom. The highest BCUT2D eigenvalue weighted by Gasteiger charge is 2.33. The van der Waals surface area contributed by atoms with Gasteiger partial charge in [0.2, 0.25) is 11.8 Å². The number of nitrogens with zero attached hydrogens (tertiary/aromatic N) is 1. The van der Waals surface area contributed by atoms with Crippen LogP contribution in [0.3, 0.4) is 0 Å². The Morgan fingerprint density at radius 1 is 1.13 bits per heavy atom. The third kappa shape index (κ3) is 4.93. The number of benzene rings is 2. The lowest BCUT2D eigenvalue weighted by molar-refractivity contribution is -0.133. The van der Waals surface area contributed by atoms with Gasteiger partial charge in [-0.25, -0.2) is 0 Å². The second kappa shape index (κ2) is 9.65. The summed E-state index contributed by atoms with van der Waals surface area (Å²) < 4.78 is 10.9. The molecular weight excluding hydrogens is 380 g/mol. The molecule has 1 aliphatic heterocycles. The molecular formula is C24H30N2O4. The highest BCUT2D eigenvalue weighted by atomic mass is 16.5. The summed E-state index contributed by atoms with van der Waals surface area (Å²) in [5.74, 6) is 1.35. The van der Waals surface area contributed by atoms with Crippen LogP contribution in [0.2, 0.25) is 0 Å². The molecule has 6 heteroatoms. The van der Waals surface area contributed by atoms with Crippen LogP contribution in [-0.4, -0.2) is 37.5 Å². The first kappa shape index (κ1) is 21.7. The largest absolute Gasteiger partial charge is 0.497 e. The highest BCUT2D eigenvalue weighted by Crippen LogP contribution is 2.39. The fourth-order valence-electron chi connectivity index (χ4n) is 4.08. The fraction of sp³-hybridized carbons (Fsp3) is 0.417. The standard InChI is InChI=1S/C24H30N2O4/c1-16-7-9-18(10-8-16)21(25-17(2)27)15-24(28)26-13-5-6-22(26)20-14-19(29-3)11-12-23(20)30-4/h7-12,14,21-22H,5-6,13,15H2,1-4H3,(H,25,27). The number of methoxy groups -OCH3 is 2. The summed E-state index contributed by atoms with van der Waals surface area (Å²) >= 11 is 0. The van der Waals surface area contributed by atoms with E-state index in [1.165, 1.54) is 6.92 Å². The molecule has 30 heavy (non-hydrogen) atoms. The van der Waals surface area contributed by atoms with Crippen molar-refractivity contribution in [1.29, 1.82) is 0 Å². The van der Waals surface area contributed by atoms with Crippen molar-refractivity contribution in [2.75, 3.05) is 20.8 Å². The van der Waals surface area contributed by atoms with Crippen molar-refractivity contribution in [2.45, 2.75) is 45.2 Å². The fourth-order valence-corrected chi connectivity index (χ4v) is 4.08.